The molecule has 6 heteroatoms. The Morgan fingerprint density at radius 1 is 0.170 bits per heavy atom. The minimum Gasteiger partial charge on any atom is -0.208 e. The Kier molecular flexibility index (Phi) is 10.5. The van der Waals surface area contributed by atoms with Crippen molar-refractivity contribution in [2.75, 3.05) is 0 Å². The molecule has 2 spiro atoms. The maximum atomic E-state index is 5.50. The van der Waals surface area contributed by atoms with Gasteiger partial charge in [0.05, 0.1) is 10.8 Å². The van der Waals surface area contributed by atoms with Crippen molar-refractivity contribution in [1.82, 2.24) is 29.9 Å². The van der Waals surface area contributed by atoms with Crippen LogP contribution < -0.4 is 0 Å². The molecule has 0 N–H and O–H groups in total. The molecular weight excluding hydrogens is 1140 g/mol. The van der Waals surface area contributed by atoms with Crippen LogP contribution in [0.25, 0.3) is 113 Å². The first-order valence-corrected chi connectivity index (χ1v) is 32.5. The van der Waals surface area contributed by atoms with Crippen LogP contribution in [0, 0.1) is 0 Å². The number of fused-ring (bicyclic) bond motifs is 20. The lowest BCUT2D eigenvalue weighted by molar-refractivity contribution is 0.754. The van der Waals surface area contributed by atoms with E-state index in [1.54, 1.807) is 0 Å². The van der Waals surface area contributed by atoms with Crippen LogP contribution in [0.3, 0.4) is 0 Å². The molecular formula is C88H52N6. The van der Waals surface area contributed by atoms with Crippen LogP contribution in [0.15, 0.2) is 303 Å². The molecule has 2 atom stereocenters. The summed E-state index contributed by atoms with van der Waals surface area (Å²) in [7, 11) is 0. The monoisotopic (exact) mass is 1190 g/mol. The number of benzene rings is 13. The Balaban J connectivity index is 0.693. The first kappa shape index (κ1) is 51.6. The van der Waals surface area contributed by atoms with E-state index in [4.69, 9.17) is 29.9 Å². The van der Waals surface area contributed by atoms with Crippen LogP contribution in [0.2, 0.25) is 0 Å². The lowest BCUT2D eigenvalue weighted by Gasteiger charge is -2.42. The van der Waals surface area contributed by atoms with Gasteiger partial charge in [0, 0.05) is 45.2 Å². The van der Waals surface area contributed by atoms with E-state index >= 15 is 0 Å². The molecule has 6 nitrogen and oxygen atoms in total. The summed E-state index contributed by atoms with van der Waals surface area (Å²) in [6, 6.07) is 111. The number of rotatable bonds is 6. The van der Waals surface area contributed by atoms with E-state index in [0.29, 0.717) is 34.9 Å². The van der Waals surface area contributed by atoms with E-state index in [1.807, 2.05) is 12.1 Å². The van der Waals surface area contributed by atoms with Crippen molar-refractivity contribution >= 4 is 0 Å². The van der Waals surface area contributed by atoms with E-state index in [0.717, 1.165) is 33.4 Å². The van der Waals surface area contributed by atoms with Gasteiger partial charge in [0.1, 0.15) is 0 Å². The molecule has 2 heterocycles. The molecule has 2 aromatic heterocycles. The second-order valence-corrected chi connectivity index (χ2v) is 25.8. The molecule has 22 rings (SSSR count). The van der Waals surface area contributed by atoms with Gasteiger partial charge in [-0.15, -0.1) is 0 Å². The summed E-state index contributed by atoms with van der Waals surface area (Å²) < 4.78 is 0. The molecule has 94 heavy (non-hydrogen) atoms. The Morgan fingerprint density at radius 3 is 0.723 bits per heavy atom. The molecule has 2 bridgehead atoms. The SMILES string of the molecule is c1ccc(-c2nc(-c3ccc4c(c3)C3c5ccccc5C4c4cc(-c5nc(-c6ccccc6)nc(-c6ccc7c(c6)C6(c8ccccc8-c8ccccc86)c6ccccc6-7)n5)ccc43)nc(-c3ccc4c(c3)C3(c5ccccc5-c5ccccc53)c3ccccc3-4)n2)cc1. The average molecular weight is 1190 g/mol. The molecule has 2 unspecified atom stereocenters. The van der Waals surface area contributed by atoms with Crippen LogP contribution >= 0.6 is 0 Å². The standard InChI is InChI=1S/C88H52N6/c1-3-21-51(22-4-1)81-89-83(93-85(91-81)55-39-43-63-61-29-13-19-37-75(61)87(77(63)49-55)71-33-15-9-25-57(71)58-26-10-16-34-72(58)87)53-41-45-67-69(47-53)79-65-31-7-8-32-66(65)80(67)70-48-54(42-46-68(70)79)84-90-82(52-23-5-2-6-24-52)92-86(94-84)56-40-44-64-62-30-14-20-38-76(62)88(78(64)50-56)73-35-17-11-27-59(73)60-28-12-18-36-74(60)88/h1-50,79-80H. The summed E-state index contributed by atoms with van der Waals surface area (Å²) in [6.45, 7) is 0. The molecule has 434 valence electrons. The molecule has 0 amide bonds. The molecule has 0 fully saturated rings. The zero-order valence-corrected chi connectivity index (χ0v) is 50.7. The maximum absolute atomic E-state index is 5.50. The van der Waals surface area contributed by atoms with Crippen molar-refractivity contribution in [3.8, 4) is 113 Å². The topological polar surface area (TPSA) is 77.3 Å². The molecule has 0 saturated heterocycles. The van der Waals surface area contributed by atoms with Gasteiger partial charge in [-0.25, -0.2) is 29.9 Å². The van der Waals surface area contributed by atoms with Gasteiger partial charge in [-0.1, -0.05) is 279 Å². The molecule has 13 aromatic carbocycles. The van der Waals surface area contributed by atoms with E-state index in [9.17, 15) is 0 Å². The van der Waals surface area contributed by atoms with Crippen LogP contribution in [0.1, 0.15) is 89.7 Å². The Labute approximate surface area is 543 Å². The summed E-state index contributed by atoms with van der Waals surface area (Å²) >= 11 is 0. The van der Waals surface area contributed by atoms with Crippen LogP contribution in [0.4, 0.5) is 0 Å². The van der Waals surface area contributed by atoms with E-state index < -0.39 is 10.8 Å². The predicted octanol–water partition coefficient (Wildman–Crippen LogP) is 19.7. The number of hydrogen-bond donors (Lipinski definition) is 0. The van der Waals surface area contributed by atoms with Gasteiger partial charge < -0.3 is 0 Å². The first-order valence-electron chi connectivity index (χ1n) is 32.5. The minimum atomic E-state index is -0.504. The lowest BCUT2D eigenvalue weighted by atomic mass is 9.61. The van der Waals surface area contributed by atoms with Gasteiger partial charge in [-0.2, -0.15) is 0 Å². The normalized spacial score (nSPS) is 15.6. The second-order valence-electron chi connectivity index (χ2n) is 25.8. The number of aromatic nitrogens is 6. The fourth-order valence-corrected chi connectivity index (χ4v) is 17.7. The van der Waals surface area contributed by atoms with Crippen molar-refractivity contribution in [2.24, 2.45) is 0 Å². The molecule has 7 aliphatic carbocycles. The van der Waals surface area contributed by atoms with Crippen LogP contribution in [0.5, 0.6) is 0 Å². The largest absolute Gasteiger partial charge is 0.208 e. The number of nitrogens with zero attached hydrogens (tertiary/aromatic N) is 6. The summed E-state index contributed by atoms with van der Waals surface area (Å²) in [4.78, 5) is 32.4. The van der Waals surface area contributed by atoms with Crippen molar-refractivity contribution < 1.29 is 0 Å². The van der Waals surface area contributed by atoms with Crippen LogP contribution in [-0.2, 0) is 10.8 Å². The molecule has 0 aliphatic heterocycles. The van der Waals surface area contributed by atoms with Gasteiger partial charge in [0.25, 0.3) is 0 Å². The van der Waals surface area contributed by atoms with E-state index in [2.05, 4.69) is 291 Å². The highest BCUT2D eigenvalue weighted by atomic mass is 15.0. The second kappa shape index (κ2) is 19.2. The third kappa shape index (κ3) is 6.87. The summed E-state index contributed by atoms with van der Waals surface area (Å²) in [5, 5.41) is 0. The lowest BCUT2D eigenvalue weighted by Crippen LogP contribution is -2.27. The van der Waals surface area contributed by atoms with Crippen molar-refractivity contribution in [1.29, 1.82) is 0 Å². The highest BCUT2D eigenvalue weighted by molar-refractivity contribution is 5.98. The minimum absolute atomic E-state index is 0.0377. The Bertz CT molecular complexity index is 5310. The van der Waals surface area contributed by atoms with Gasteiger partial charge in [-0.3, -0.25) is 0 Å². The Morgan fingerprint density at radius 2 is 0.404 bits per heavy atom. The fraction of sp³-hybridized carbons (Fsp3) is 0.0455. The first-order chi connectivity index (χ1) is 46.6. The Hall–Kier alpha value is -12.1. The van der Waals surface area contributed by atoms with Gasteiger partial charge in [0.15, 0.2) is 34.9 Å². The average Bonchev–Trinajstić information content (AvgIpc) is 1.31. The smallest absolute Gasteiger partial charge is 0.164 e. The van der Waals surface area contributed by atoms with E-state index in [-0.39, 0.29) is 11.8 Å². The zero-order chi connectivity index (χ0) is 61.4. The summed E-state index contributed by atoms with van der Waals surface area (Å²) in [5.74, 6) is 3.71. The summed E-state index contributed by atoms with van der Waals surface area (Å²) in [5.41, 5.74) is 32.7. The summed E-state index contributed by atoms with van der Waals surface area (Å²) in [6.07, 6.45) is 0. The molecule has 0 saturated carbocycles. The van der Waals surface area contributed by atoms with Crippen molar-refractivity contribution in [2.45, 2.75) is 22.7 Å². The van der Waals surface area contributed by atoms with Crippen molar-refractivity contribution in [3.63, 3.8) is 0 Å². The third-order valence-electron chi connectivity index (χ3n) is 21.4. The zero-order valence-electron chi connectivity index (χ0n) is 50.7. The number of hydrogen-bond acceptors (Lipinski definition) is 6. The highest BCUT2D eigenvalue weighted by Gasteiger charge is 2.53. The van der Waals surface area contributed by atoms with Crippen molar-refractivity contribution in [3.05, 3.63) is 381 Å². The fourth-order valence-electron chi connectivity index (χ4n) is 17.7. The van der Waals surface area contributed by atoms with Gasteiger partial charge >= 0.3 is 0 Å². The molecule has 15 aromatic rings. The van der Waals surface area contributed by atoms with Gasteiger partial charge in [-0.05, 0) is 147 Å². The third-order valence-corrected chi connectivity index (χ3v) is 21.4. The predicted molar refractivity (Wildman–Crippen MR) is 373 cm³/mol. The quantitative estimate of drug-likeness (QED) is 0.165. The van der Waals surface area contributed by atoms with Crippen LogP contribution in [-0.4, -0.2) is 29.9 Å². The molecule has 0 radical (unpaired) electrons. The maximum Gasteiger partial charge on any atom is 0.164 e. The van der Waals surface area contributed by atoms with Gasteiger partial charge in [0.2, 0.25) is 0 Å². The van der Waals surface area contributed by atoms with E-state index in [1.165, 1.54) is 122 Å². The highest BCUT2D eigenvalue weighted by Crippen LogP contribution is 2.65. The molecule has 7 aliphatic rings.